The molecule has 1 atom stereocenters. The van der Waals surface area contributed by atoms with Crippen LogP contribution in [0.2, 0.25) is 0 Å². The summed E-state index contributed by atoms with van der Waals surface area (Å²) in [6.07, 6.45) is 0. The molecule has 0 spiro atoms. The molecule has 0 saturated heterocycles. The Hall–Kier alpha value is -2.60. The van der Waals surface area contributed by atoms with E-state index >= 15 is 0 Å². The summed E-state index contributed by atoms with van der Waals surface area (Å²) in [5, 5.41) is 8.24. The van der Waals surface area contributed by atoms with Gasteiger partial charge in [-0.3, -0.25) is 4.79 Å². The number of carbonyl (C=O) groups excluding carboxylic acids is 1. The first-order valence-electron chi connectivity index (χ1n) is 8.39. The number of aromatic nitrogens is 2. The van der Waals surface area contributed by atoms with E-state index in [1.165, 1.54) is 11.8 Å². The van der Waals surface area contributed by atoms with Crippen LogP contribution in [0.5, 0.6) is 0 Å². The third-order valence-electron chi connectivity index (χ3n) is 3.94. The monoisotopic (exact) mass is 367 g/mol. The van der Waals surface area contributed by atoms with Crippen molar-refractivity contribution in [2.75, 3.05) is 7.05 Å². The van der Waals surface area contributed by atoms with E-state index in [0.29, 0.717) is 17.7 Å². The van der Waals surface area contributed by atoms with Gasteiger partial charge in [0, 0.05) is 19.2 Å². The molecule has 1 heterocycles. The van der Waals surface area contributed by atoms with Crippen LogP contribution < -0.4 is 0 Å². The van der Waals surface area contributed by atoms with Gasteiger partial charge >= 0.3 is 0 Å². The minimum absolute atomic E-state index is 0.0224. The van der Waals surface area contributed by atoms with Crippen LogP contribution >= 0.6 is 11.8 Å². The smallest absolute Gasteiger partial charge is 0.277 e. The molecule has 0 aliphatic heterocycles. The highest BCUT2D eigenvalue weighted by molar-refractivity contribution is 8.00. The Morgan fingerprint density at radius 2 is 1.92 bits per heavy atom. The van der Waals surface area contributed by atoms with E-state index in [4.69, 9.17) is 4.42 Å². The van der Waals surface area contributed by atoms with Gasteiger partial charge in [0.1, 0.15) is 0 Å². The molecule has 0 N–H and O–H groups in total. The highest BCUT2D eigenvalue weighted by atomic mass is 32.2. The molecule has 134 valence electrons. The van der Waals surface area contributed by atoms with Crippen molar-refractivity contribution in [2.24, 2.45) is 0 Å². The third-order valence-corrected chi connectivity index (χ3v) is 4.86. The Morgan fingerprint density at radius 3 is 2.65 bits per heavy atom. The first-order chi connectivity index (χ1) is 12.5. The zero-order valence-electron chi connectivity index (χ0n) is 15.0. The molecule has 0 radical (unpaired) electrons. The predicted molar refractivity (Wildman–Crippen MR) is 103 cm³/mol. The van der Waals surface area contributed by atoms with E-state index in [1.54, 1.807) is 11.9 Å². The zero-order chi connectivity index (χ0) is 18.5. The molecule has 0 bridgehead atoms. The highest BCUT2D eigenvalue weighted by Gasteiger charge is 2.22. The van der Waals surface area contributed by atoms with Crippen LogP contribution in [0.3, 0.4) is 0 Å². The molecular weight excluding hydrogens is 346 g/mol. The number of aryl methyl sites for hydroxylation is 1. The number of amides is 1. The van der Waals surface area contributed by atoms with Crippen LogP contribution in [-0.4, -0.2) is 33.3 Å². The summed E-state index contributed by atoms with van der Waals surface area (Å²) in [6, 6.07) is 17.8. The lowest BCUT2D eigenvalue weighted by Gasteiger charge is -2.20. The molecule has 1 aromatic heterocycles. The molecule has 0 fully saturated rings. The lowest BCUT2D eigenvalue weighted by molar-refractivity contribution is -0.129. The molecule has 5 nitrogen and oxygen atoms in total. The Labute approximate surface area is 157 Å². The molecule has 0 aliphatic carbocycles. The van der Waals surface area contributed by atoms with Crippen molar-refractivity contribution in [1.82, 2.24) is 15.1 Å². The van der Waals surface area contributed by atoms with E-state index in [1.807, 2.05) is 68.4 Å². The Bertz CT molecular complexity index is 880. The topological polar surface area (TPSA) is 59.2 Å². The van der Waals surface area contributed by atoms with Crippen molar-refractivity contribution >= 4 is 17.7 Å². The summed E-state index contributed by atoms with van der Waals surface area (Å²) in [6.45, 7) is 4.44. The van der Waals surface area contributed by atoms with Crippen molar-refractivity contribution in [3.05, 3.63) is 65.7 Å². The summed E-state index contributed by atoms with van der Waals surface area (Å²) in [7, 11) is 1.80. The van der Waals surface area contributed by atoms with Gasteiger partial charge in [-0.05, 0) is 31.5 Å². The SMILES string of the molecule is Cc1cccc(-c2nnc(S[C@@H](C)C(=O)N(C)Cc3ccccc3)o2)c1. The summed E-state index contributed by atoms with van der Waals surface area (Å²) in [5.74, 6) is 0.489. The normalized spacial score (nSPS) is 12.0. The number of rotatable bonds is 6. The van der Waals surface area contributed by atoms with Gasteiger partial charge in [0.05, 0.1) is 5.25 Å². The summed E-state index contributed by atoms with van der Waals surface area (Å²) >= 11 is 1.28. The maximum absolute atomic E-state index is 12.6. The highest BCUT2D eigenvalue weighted by Crippen LogP contribution is 2.27. The lowest BCUT2D eigenvalue weighted by atomic mass is 10.1. The Kier molecular flexibility index (Phi) is 5.73. The Balaban J connectivity index is 1.62. The number of benzene rings is 2. The molecule has 0 unspecified atom stereocenters. The minimum atomic E-state index is -0.311. The third kappa shape index (κ3) is 4.52. The molecule has 2 aromatic carbocycles. The fourth-order valence-corrected chi connectivity index (χ4v) is 3.40. The standard InChI is InChI=1S/C20H21N3O2S/c1-14-8-7-11-17(12-14)18-21-22-20(25-18)26-15(2)19(24)23(3)13-16-9-5-4-6-10-16/h4-12,15H,13H2,1-3H3/t15-/m0/s1. The lowest BCUT2D eigenvalue weighted by Crippen LogP contribution is -2.32. The molecule has 3 aromatic rings. The van der Waals surface area contributed by atoms with Gasteiger partial charge in [-0.2, -0.15) is 0 Å². The number of hydrogen-bond acceptors (Lipinski definition) is 5. The molecule has 1 amide bonds. The van der Waals surface area contributed by atoms with E-state index in [2.05, 4.69) is 10.2 Å². The van der Waals surface area contributed by atoms with Crippen molar-refractivity contribution in [3.63, 3.8) is 0 Å². The first kappa shape index (κ1) is 18.2. The number of hydrogen-bond donors (Lipinski definition) is 0. The van der Waals surface area contributed by atoms with Gasteiger partial charge < -0.3 is 9.32 Å². The maximum atomic E-state index is 12.6. The van der Waals surface area contributed by atoms with Gasteiger partial charge in [0.25, 0.3) is 5.22 Å². The molecule has 6 heteroatoms. The van der Waals surface area contributed by atoms with Crippen molar-refractivity contribution in [3.8, 4) is 11.5 Å². The van der Waals surface area contributed by atoms with Gasteiger partial charge in [0.2, 0.25) is 11.8 Å². The molecular formula is C20H21N3O2S. The van der Waals surface area contributed by atoms with Crippen LogP contribution in [0.4, 0.5) is 0 Å². The van der Waals surface area contributed by atoms with Crippen molar-refractivity contribution in [1.29, 1.82) is 0 Å². The number of thioether (sulfide) groups is 1. The van der Waals surface area contributed by atoms with Crippen LogP contribution in [-0.2, 0) is 11.3 Å². The van der Waals surface area contributed by atoms with Crippen LogP contribution in [0.15, 0.2) is 64.2 Å². The maximum Gasteiger partial charge on any atom is 0.277 e. The average molecular weight is 367 g/mol. The van der Waals surface area contributed by atoms with E-state index in [9.17, 15) is 4.79 Å². The van der Waals surface area contributed by atoms with Crippen molar-refractivity contribution < 1.29 is 9.21 Å². The van der Waals surface area contributed by atoms with Crippen molar-refractivity contribution in [2.45, 2.75) is 30.9 Å². The van der Waals surface area contributed by atoms with Gasteiger partial charge in [0.15, 0.2) is 0 Å². The molecule has 3 rings (SSSR count). The van der Waals surface area contributed by atoms with Crippen LogP contribution in [0, 0.1) is 6.92 Å². The summed E-state index contributed by atoms with van der Waals surface area (Å²) < 4.78 is 5.71. The van der Waals surface area contributed by atoms with Crippen LogP contribution in [0.25, 0.3) is 11.5 Å². The number of carbonyl (C=O) groups is 1. The second-order valence-electron chi connectivity index (χ2n) is 6.18. The van der Waals surface area contributed by atoms with E-state index in [0.717, 1.165) is 16.7 Å². The average Bonchev–Trinajstić information content (AvgIpc) is 3.10. The fraction of sp³-hybridized carbons (Fsp3) is 0.250. The fourth-order valence-electron chi connectivity index (χ4n) is 2.60. The molecule has 26 heavy (non-hydrogen) atoms. The summed E-state index contributed by atoms with van der Waals surface area (Å²) in [5.41, 5.74) is 3.10. The Morgan fingerprint density at radius 1 is 1.15 bits per heavy atom. The van der Waals surface area contributed by atoms with Crippen LogP contribution in [0.1, 0.15) is 18.1 Å². The second-order valence-corrected chi connectivity index (χ2v) is 7.47. The van der Waals surface area contributed by atoms with Gasteiger partial charge in [-0.15, -0.1) is 10.2 Å². The zero-order valence-corrected chi connectivity index (χ0v) is 15.9. The van der Waals surface area contributed by atoms with Gasteiger partial charge in [-0.1, -0.05) is 59.8 Å². The molecule has 0 aliphatic rings. The van der Waals surface area contributed by atoms with E-state index < -0.39 is 0 Å². The summed E-state index contributed by atoms with van der Waals surface area (Å²) in [4.78, 5) is 14.3. The second kappa shape index (κ2) is 8.19. The van der Waals surface area contributed by atoms with Gasteiger partial charge in [-0.25, -0.2) is 0 Å². The minimum Gasteiger partial charge on any atom is -0.411 e. The first-order valence-corrected chi connectivity index (χ1v) is 9.27. The van der Waals surface area contributed by atoms with E-state index in [-0.39, 0.29) is 11.2 Å². The quantitative estimate of drug-likeness (QED) is 0.612. The predicted octanol–water partition coefficient (Wildman–Crippen LogP) is 4.18. The molecule has 0 saturated carbocycles. The number of nitrogens with zero attached hydrogens (tertiary/aromatic N) is 3. The largest absolute Gasteiger partial charge is 0.411 e.